The number of carbonyl (C=O) groups excluding carboxylic acids is 1. The second-order valence-corrected chi connectivity index (χ2v) is 7.45. The van der Waals surface area contributed by atoms with E-state index in [1.807, 2.05) is 24.3 Å². The van der Waals surface area contributed by atoms with Gasteiger partial charge < -0.3 is 18.8 Å². The number of benzene rings is 1. The van der Waals surface area contributed by atoms with Crippen molar-refractivity contribution in [2.45, 2.75) is 20.8 Å². The van der Waals surface area contributed by atoms with Crippen LogP contribution in [0.2, 0.25) is 0 Å². The molecule has 0 radical (unpaired) electrons. The van der Waals surface area contributed by atoms with Crippen LogP contribution in [-0.2, 0) is 18.3 Å². The number of esters is 1. The summed E-state index contributed by atoms with van der Waals surface area (Å²) in [4.78, 5) is 20.0. The van der Waals surface area contributed by atoms with Crippen molar-refractivity contribution in [3.05, 3.63) is 36.0 Å². The second kappa shape index (κ2) is 7.58. The minimum atomic E-state index is -3.65. The number of carbonyl (C=O) groups is 1. The molecule has 7 nitrogen and oxygen atoms in total. The van der Waals surface area contributed by atoms with Gasteiger partial charge in [0.25, 0.3) is 0 Å². The Morgan fingerprint density at radius 2 is 1.77 bits per heavy atom. The fraction of sp³-hybridized carbons (Fsp3) is 0.333. The highest BCUT2D eigenvalue weighted by molar-refractivity contribution is 7.61. The quantitative estimate of drug-likeness (QED) is 0.498. The van der Waals surface area contributed by atoms with E-state index in [1.165, 1.54) is 0 Å². The molecular formula is C18H21N2O5P. The van der Waals surface area contributed by atoms with Crippen LogP contribution in [0.4, 0.5) is 0 Å². The summed E-state index contributed by atoms with van der Waals surface area (Å²) in [5, 5.41) is 1.60. The first-order valence-electron chi connectivity index (χ1n) is 8.52. The highest BCUT2D eigenvalue weighted by Gasteiger charge is 2.31. The maximum absolute atomic E-state index is 13.2. The normalized spacial score (nSPS) is 12.0. The minimum absolute atomic E-state index is 0.0650. The largest absolute Gasteiger partial charge is 0.461 e. The van der Waals surface area contributed by atoms with Crippen LogP contribution in [-0.4, -0.2) is 35.8 Å². The van der Waals surface area contributed by atoms with Gasteiger partial charge in [0.05, 0.1) is 25.3 Å². The lowest BCUT2D eigenvalue weighted by atomic mass is 10.1. The predicted molar refractivity (Wildman–Crippen MR) is 100 cm³/mol. The summed E-state index contributed by atoms with van der Waals surface area (Å²) in [6, 6.07) is 9.25. The summed E-state index contributed by atoms with van der Waals surface area (Å²) in [5.41, 5.74) is 1.54. The molecule has 0 aliphatic heterocycles. The maximum atomic E-state index is 13.2. The molecule has 0 atom stereocenters. The van der Waals surface area contributed by atoms with E-state index < -0.39 is 13.6 Å². The van der Waals surface area contributed by atoms with Gasteiger partial charge in [0.1, 0.15) is 0 Å². The molecule has 0 unspecified atom stereocenters. The third kappa shape index (κ3) is 3.26. The third-order valence-corrected chi connectivity index (χ3v) is 5.82. The van der Waals surface area contributed by atoms with Crippen LogP contribution >= 0.6 is 7.60 Å². The zero-order valence-electron chi connectivity index (χ0n) is 14.9. The molecule has 1 N–H and O–H groups in total. The first kappa shape index (κ1) is 18.6. The fourth-order valence-corrected chi connectivity index (χ4v) is 4.36. The van der Waals surface area contributed by atoms with Gasteiger partial charge in [0.15, 0.2) is 11.1 Å². The maximum Gasteiger partial charge on any atom is 0.379 e. The van der Waals surface area contributed by atoms with Crippen molar-refractivity contribution in [1.29, 1.82) is 0 Å². The Balaban J connectivity index is 2.32. The van der Waals surface area contributed by atoms with Crippen LogP contribution in [0.3, 0.4) is 0 Å². The molecule has 2 aromatic heterocycles. The van der Waals surface area contributed by atoms with E-state index in [4.69, 9.17) is 13.8 Å². The number of para-hydroxylation sites is 1. The topological polar surface area (TPSA) is 90.5 Å². The van der Waals surface area contributed by atoms with E-state index >= 15 is 0 Å². The Hall–Kier alpha value is -2.21. The van der Waals surface area contributed by atoms with E-state index in [0.29, 0.717) is 10.9 Å². The van der Waals surface area contributed by atoms with E-state index in [2.05, 4.69) is 9.97 Å². The van der Waals surface area contributed by atoms with Gasteiger partial charge in [-0.15, -0.1) is 0 Å². The van der Waals surface area contributed by atoms with E-state index in [1.54, 1.807) is 26.8 Å². The molecule has 26 heavy (non-hydrogen) atoms. The van der Waals surface area contributed by atoms with E-state index in [0.717, 1.165) is 10.9 Å². The van der Waals surface area contributed by atoms with Gasteiger partial charge in [0.2, 0.25) is 0 Å². The first-order chi connectivity index (χ1) is 12.5. The molecule has 1 aromatic carbocycles. The van der Waals surface area contributed by atoms with E-state index in [-0.39, 0.29) is 30.9 Å². The molecule has 0 amide bonds. The van der Waals surface area contributed by atoms with Crippen LogP contribution in [0.5, 0.6) is 0 Å². The number of aromatic amines is 1. The molecule has 0 saturated heterocycles. The average Bonchev–Trinajstić information content (AvgIpc) is 3.00. The molecule has 0 aliphatic rings. The van der Waals surface area contributed by atoms with Gasteiger partial charge in [-0.1, -0.05) is 18.2 Å². The van der Waals surface area contributed by atoms with Gasteiger partial charge in [-0.2, -0.15) is 0 Å². The monoisotopic (exact) mass is 376 g/mol. The third-order valence-electron chi connectivity index (χ3n) is 3.83. The zero-order chi connectivity index (χ0) is 18.7. The van der Waals surface area contributed by atoms with Crippen molar-refractivity contribution in [3.8, 4) is 0 Å². The number of pyridine rings is 1. The molecule has 3 aromatic rings. The summed E-state index contributed by atoms with van der Waals surface area (Å²) in [6.07, 6.45) is 0. The Morgan fingerprint density at radius 1 is 1.08 bits per heavy atom. The Kier molecular flexibility index (Phi) is 5.41. The fourth-order valence-electron chi connectivity index (χ4n) is 2.83. The van der Waals surface area contributed by atoms with Gasteiger partial charge >= 0.3 is 13.6 Å². The van der Waals surface area contributed by atoms with Crippen molar-refractivity contribution in [2.75, 3.05) is 19.8 Å². The van der Waals surface area contributed by atoms with Crippen LogP contribution in [0.15, 0.2) is 30.3 Å². The number of nitrogens with zero attached hydrogens (tertiary/aromatic N) is 1. The molecule has 0 fully saturated rings. The lowest BCUT2D eigenvalue weighted by Gasteiger charge is -2.17. The molecule has 3 rings (SSSR count). The lowest BCUT2D eigenvalue weighted by molar-refractivity contribution is 0.0522. The first-order valence-corrected chi connectivity index (χ1v) is 10.1. The molecule has 0 bridgehead atoms. The van der Waals surface area contributed by atoms with Gasteiger partial charge in [-0.3, -0.25) is 4.57 Å². The summed E-state index contributed by atoms with van der Waals surface area (Å²) in [6.45, 7) is 5.76. The SMILES string of the molecule is CCOC(=O)c1nc(P(=O)(OCC)OCC)cc2c1[nH]c1ccccc12. The summed E-state index contributed by atoms with van der Waals surface area (Å²) in [7, 11) is -3.65. The number of ether oxygens (including phenoxy) is 1. The Labute approximate surface area is 151 Å². The Morgan fingerprint density at radius 3 is 2.42 bits per heavy atom. The van der Waals surface area contributed by atoms with Crippen LogP contribution in [0.25, 0.3) is 21.8 Å². The summed E-state index contributed by atoms with van der Waals surface area (Å²) >= 11 is 0. The van der Waals surface area contributed by atoms with Crippen molar-refractivity contribution >= 4 is 40.8 Å². The average molecular weight is 376 g/mol. The van der Waals surface area contributed by atoms with Crippen LogP contribution in [0.1, 0.15) is 31.3 Å². The number of rotatable bonds is 7. The van der Waals surface area contributed by atoms with Crippen molar-refractivity contribution < 1.29 is 23.1 Å². The number of aromatic nitrogens is 2. The predicted octanol–water partition coefficient (Wildman–Crippen LogP) is 3.78. The van der Waals surface area contributed by atoms with Crippen molar-refractivity contribution in [3.63, 3.8) is 0 Å². The molecule has 8 heteroatoms. The summed E-state index contributed by atoms with van der Waals surface area (Å²) < 4.78 is 29.1. The number of hydrogen-bond acceptors (Lipinski definition) is 6. The minimum Gasteiger partial charge on any atom is -0.461 e. The van der Waals surface area contributed by atoms with Crippen LogP contribution < -0.4 is 5.44 Å². The molecular weight excluding hydrogens is 355 g/mol. The van der Waals surface area contributed by atoms with Crippen molar-refractivity contribution in [1.82, 2.24) is 9.97 Å². The molecule has 138 valence electrons. The Bertz CT molecular complexity index is 988. The molecule has 2 heterocycles. The standard InChI is InChI=1S/C18H21N2O5P/c1-4-23-18(21)17-16-13(12-9-7-8-10-14(12)19-16)11-15(20-17)26(22,24-5-2)25-6-3/h7-11,19H,4-6H2,1-3H3. The number of hydrogen-bond donors (Lipinski definition) is 1. The second-order valence-electron chi connectivity index (χ2n) is 5.48. The number of H-pyrrole nitrogens is 1. The van der Waals surface area contributed by atoms with Gasteiger partial charge in [-0.25, -0.2) is 9.78 Å². The number of fused-ring (bicyclic) bond motifs is 3. The van der Waals surface area contributed by atoms with Crippen molar-refractivity contribution in [2.24, 2.45) is 0 Å². The molecule has 0 saturated carbocycles. The van der Waals surface area contributed by atoms with Gasteiger partial charge in [-0.05, 0) is 32.9 Å². The van der Waals surface area contributed by atoms with Gasteiger partial charge in [0, 0.05) is 16.3 Å². The number of nitrogens with one attached hydrogen (secondary N) is 1. The van der Waals surface area contributed by atoms with E-state index in [9.17, 15) is 9.36 Å². The zero-order valence-corrected chi connectivity index (χ0v) is 15.8. The lowest BCUT2D eigenvalue weighted by Crippen LogP contribution is -2.19. The highest BCUT2D eigenvalue weighted by atomic mass is 31.2. The highest BCUT2D eigenvalue weighted by Crippen LogP contribution is 2.47. The smallest absolute Gasteiger partial charge is 0.379 e. The van der Waals surface area contributed by atoms with Crippen LogP contribution in [0, 0.1) is 0 Å². The molecule has 0 aliphatic carbocycles. The summed E-state index contributed by atoms with van der Waals surface area (Å²) in [5.74, 6) is -0.592. The molecule has 0 spiro atoms.